The summed E-state index contributed by atoms with van der Waals surface area (Å²) in [5.74, 6) is 2.37. The fourth-order valence-corrected chi connectivity index (χ4v) is 7.24. The molecule has 1 aromatic carbocycles. The minimum absolute atomic E-state index is 0. The third kappa shape index (κ3) is 5.11. The summed E-state index contributed by atoms with van der Waals surface area (Å²) in [5.41, 5.74) is 7.44. The topological polar surface area (TPSA) is 53.1 Å². The van der Waals surface area contributed by atoms with Crippen molar-refractivity contribution >= 4 is 48.7 Å². The van der Waals surface area contributed by atoms with Gasteiger partial charge in [-0.1, -0.05) is 38.8 Å². The number of nitrogens with one attached hydrogen (secondary N) is 2. The Hall–Kier alpha value is -1.11. The molecule has 8 heteroatoms. The first-order chi connectivity index (χ1) is 16.2. The Morgan fingerprint density at radius 1 is 1.06 bits per heavy atom. The van der Waals surface area contributed by atoms with E-state index < -0.39 is 0 Å². The van der Waals surface area contributed by atoms with Crippen molar-refractivity contribution in [2.24, 2.45) is 5.92 Å². The highest BCUT2D eigenvalue weighted by Gasteiger charge is 2.46. The van der Waals surface area contributed by atoms with Crippen LogP contribution in [0.15, 0.2) is 24.5 Å². The molecule has 1 spiro atoms. The molecule has 4 aliphatic rings. The lowest BCUT2D eigenvalue weighted by Gasteiger charge is -2.36. The summed E-state index contributed by atoms with van der Waals surface area (Å²) in [5, 5.41) is 7.53. The zero-order valence-electron chi connectivity index (χ0n) is 21.6. The number of aryl methyl sites for hydroxylation is 1. The van der Waals surface area contributed by atoms with Crippen molar-refractivity contribution in [1.29, 1.82) is 0 Å². The van der Waals surface area contributed by atoms with Crippen LogP contribution in [0.1, 0.15) is 87.1 Å². The molecule has 1 unspecified atom stereocenters. The molecule has 2 fully saturated rings. The van der Waals surface area contributed by atoms with Crippen LogP contribution < -0.4 is 15.5 Å². The maximum absolute atomic E-state index is 4.96. The van der Waals surface area contributed by atoms with Gasteiger partial charge in [-0.05, 0) is 80.6 Å². The van der Waals surface area contributed by atoms with Crippen molar-refractivity contribution in [3.63, 3.8) is 0 Å². The first kappa shape index (κ1) is 29.4. The molecule has 6 rings (SSSR count). The molecule has 2 N–H and O–H groups in total. The Morgan fingerprint density at radius 3 is 2.53 bits per heavy atom. The van der Waals surface area contributed by atoms with Gasteiger partial charge < -0.3 is 15.5 Å². The lowest BCUT2D eigenvalue weighted by Crippen LogP contribution is -2.43. The number of rotatable bonds is 5. The molecule has 2 aromatic rings. The fraction of sp³-hybridized carbons (Fsp3) is 0.643. The average Bonchev–Trinajstić information content (AvgIpc) is 3.57. The van der Waals surface area contributed by atoms with Crippen LogP contribution >= 0.6 is 37.2 Å². The predicted octanol–water partition coefficient (Wildman–Crippen LogP) is 6.23. The third-order valence-corrected chi connectivity index (χ3v) is 8.98. The van der Waals surface area contributed by atoms with E-state index in [-0.39, 0.29) is 42.6 Å². The number of anilines is 2. The molecule has 200 valence electrons. The maximum atomic E-state index is 4.96. The molecular weight excluding hydrogens is 513 g/mol. The first-order valence-corrected chi connectivity index (χ1v) is 13.3. The Morgan fingerprint density at radius 2 is 1.81 bits per heavy atom. The van der Waals surface area contributed by atoms with E-state index in [4.69, 9.17) is 9.97 Å². The lowest BCUT2D eigenvalue weighted by molar-refractivity contribution is 0.326. The SMILES string of the molecule is CC(C)C1CCc2ncnc(N3CC4(CCNCC4)c4c(CNC5CCCC5)cccc43)c21.Cl.Cl.Cl. The van der Waals surface area contributed by atoms with Crippen LogP contribution in [-0.4, -0.2) is 35.6 Å². The van der Waals surface area contributed by atoms with Crippen LogP contribution in [0.5, 0.6) is 0 Å². The summed E-state index contributed by atoms with van der Waals surface area (Å²) in [6.45, 7) is 8.97. The Bertz CT molecular complexity index is 1020. The second-order valence-corrected chi connectivity index (χ2v) is 11.2. The van der Waals surface area contributed by atoms with Gasteiger partial charge in [-0.3, -0.25) is 0 Å². The molecule has 0 amide bonds. The normalized spacial score (nSPS) is 22.1. The molecule has 1 aromatic heterocycles. The number of fused-ring (bicyclic) bond motifs is 3. The number of benzene rings is 1. The minimum Gasteiger partial charge on any atom is -0.325 e. The maximum Gasteiger partial charge on any atom is 0.140 e. The number of hydrogen-bond acceptors (Lipinski definition) is 5. The van der Waals surface area contributed by atoms with Crippen LogP contribution in [-0.2, 0) is 18.4 Å². The Kier molecular flexibility index (Phi) is 9.95. The zero-order valence-corrected chi connectivity index (χ0v) is 24.0. The van der Waals surface area contributed by atoms with Crippen LogP contribution in [0.4, 0.5) is 11.5 Å². The smallest absolute Gasteiger partial charge is 0.140 e. The van der Waals surface area contributed by atoms with E-state index in [2.05, 4.69) is 47.6 Å². The first-order valence-electron chi connectivity index (χ1n) is 13.3. The number of aromatic nitrogens is 2. The van der Waals surface area contributed by atoms with Gasteiger partial charge in [0, 0.05) is 41.5 Å². The van der Waals surface area contributed by atoms with Crippen molar-refractivity contribution in [3.05, 3.63) is 46.9 Å². The molecule has 1 saturated carbocycles. The monoisotopic (exact) mass is 553 g/mol. The van der Waals surface area contributed by atoms with E-state index in [9.17, 15) is 0 Å². The molecule has 1 saturated heterocycles. The van der Waals surface area contributed by atoms with Crippen molar-refractivity contribution in [2.45, 2.75) is 89.1 Å². The van der Waals surface area contributed by atoms with Crippen LogP contribution in [0.3, 0.4) is 0 Å². The van der Waals surface area contributed by atoms with Crippen LogP contribution in [0.2, 0.25) is 0 Å². The van der Waals surface area contributed by atoms with E-state index >= 15 is 0 Å². The molecule has 2 aliphatic heterocycles. The van der Waals surface area contributed by atoms with E-state index in [1.165, 1.54) is 73.3 Å². The van der Waals surface area contributed by atoms with Crippen molar-refractivity contribution in [1.82, 2.24) is 20.6 Å². The van der Waals surface area contributed by atoms with E-state index in [1.807, 2.05) is 6.33 Å². The van der Waals surface area contributed by atoms with Gasteiger partial charge in [0.1, 0.15) is 12.1 Å². The van der Waals surface area contributed by atoms with Crippen molar-refractivity contribution in [3.8, 4) is 0 Å². The molecule has 0 bridgehead atoms. The molecule has 0 radical (unpaired) electrons. The van der Waals surface area contributed by atoms with Crippen LogP contribution in [0.25, 0.3) is 0 Å². The van der Waals surface area contributed by atoms with Gasteiger partial charge in [0.2, 0.25) is 0 Å². The fourth-order valence-electron chi connectivity index (χ4n) is 7.24. The summed E-state index contributed by atoms with van der Waals surface area (Å²) < 4.78 is 0. The van der Waals surface area contributed by atoms with Crippen molar-refractivity contribution in [2.75, 3.05) is 24.5 Å². The summed E-state index contributed by atoms with van der Waals surface area (Å²) >= 11 is 0. The highest BCUT2D eigenvalue weighted by atomic mass is 35.5. The van der Waals surface area contributed by atoms with E-state index in [0.717, 1.165) is 32.6 Å². The number of piperidine rings is 1. The standard InChI is InChI=1S/C28H39N5.3ClH/c1-19(2)22-10-11-23-25(22)27(32-18-31-23)33-17-28(12-14-29-15-13-28)26-20(6-5-9-24(26)33)16-30-21-7-3-4-8-21;;;/h5-6,9,18-19,21-22,29-30H,3-4,7-8,10-17H2,1-2H3;3*1H. The summed E-state index contributed by atoms with van der Waals surface area (Å²) in [6.07, 6.45) is 12.0. The predicted molar refractivity (Wildman–Crippen MR) is 156 cm³/mol. The largest absolute Gasteiger partial charge is 0.325 e. The molecule has 5 nitrogen and oxygen atoms in total. The second-order valence-electron chi connectivity index (χ2n) is 11.2. The summed E-state index contributed by atoms with van der Waals surface area (Å²) in [4.78, 5) is 12.3. The minimum atomic E-state index is 0. The summed E-state index contributed by atoms with van der Waals surface area (Å²) in [6, 6.07) is 7.71. The van der Waals surface area contributed by atoms with E-state index in [1.54, 1.807) is 5.56 Å². The molecule has 3 heterocycles. The van der Waals surface area contributed by atoms with Crippen LogP contribution in [0, 0.1) is 5.92 Å². The van der Waals surface area contributed by atoms with Crippen molar-refractivity contribution < 1.29 is 0 Å². The lowest BCUT2D eigenvalue weighted by atomic mass is 9.73. The molecule has 2 aliphatic carbocycles. The highest BCUT2D eigenvalue weighted by Crippen LogP contribution is 2.52. The number of nitrogens with zero attached hydrogens (tertiary/aromatic N) is 3. The average molecular weight is 555 g/mol. The van der Waals surface area contributed by atoms with Gasteiger partial charge in [-0.25, -0.2) is 9.97 Å². The summed E-state index contributed by atoms with van der Waals surface area (Å²) in [7, 11) is 0. The molecule has 36 heavy (non-hydrogen) atoms. The van der Waals surface area contributed by atoms with Gasteiger partial charge in [0.25, 0.3) is 0 Å². The molecular formula is C28H42Cl3N5. The van der Waals surface area contributed by atoms with Gasteiger partial charge in [0.15, 0.2) is 0 Å². The number of halogens is 3. The number of hydrogen-bond donors (Lipinski definition) is 2. The van der Waals surface area contributed by atoms with Gasteiger partial charge in [0.05, 0.1) is 0 Å². The zero-order chi connectivity index (χ0) is 22.4. The van der Waals surface area contributed by atoms with Gasteiger partial charge >= 0.3 is 0 Å². The molecule has 1 atom stereocenters. The van der Waals surface area contributed by atoms with Gasteiger partial charge in [-0.2, -0.15) is 0 Å². The highest BCUT2D eigenvalue weighted by molar-refractivity contribution is 5.86. The second kappa shape index (κ2) is 12.2. The van der Waals surface area contributed by atoms with Gasteiger partial charge in [-0.15, -0.1) is 37.2 Å². The third-order valence-electron chi connectivity index (χ3n) is 8.98. The van der Waals surface area contributed by atoms with E-state index in [0.29, 0.717) is 17.9 Å². The quantitative estimate of drug-likeness (QED) is 0.459. The Labute approximate surface area is 235 Å². The Balaban J connectivity index is 0.00000120.